The summed E-state index contributed by atoms with van der Waals surface area (Å²) in [5.41, 5.74) is 0. The first-order valence-electron chi connectivity index (χ1n) is 34.9. The molecule has 0 aliphatic carbocycles. The van der Waals surface area contributed by atoms with E-state index in [0.717, 1.165) is 83.5 Å². The Kier molecular flexibility index (Phi) is 62.2. The molecule has 0 radical (unpaired) electrons. The monoisotopic (exact) mass is 1170 g/mol. The van der Waals surface area contributed by atoms with Crippen LogP contribution in [0.15, 0.2) is 97.2 Å². The highest BCUT2D eigenvalue weighted by molar-refractivity contribution is 5.71. The number of unbranched alkanes of at least 4 members (excludes halogenated alkanes) is 33. The molecule has 9 heteroatoms. The van der Waals surface area contributed by atoms with Crippen LogP contribution in [0.3, 0.4) is 0 Å². The highest BCUT2D eigenvalue weighted by atomic mass is 16.7. The molecule has 2 atom stereocenters. The van der Waals surface area contributed by atoms with Crippen molar-refractivity contribution in [2.45, 2.75) is 315 Å². The molecule has 0 aliphatic rings. The Bertz CT molecular complexity index is 1700. The SMILES string of the molecule is CC/C=C\C/C=C\C/C=C\C/C=C\C/C=C\C/C=C\C/C=C\C/C=C\CCCCC(=O)OC(COC(=O)CCCCCCCCCCCCCCCCCCCCCCCCCCCCCCCCCC)COC(OCC[N+](C)(C)C)C(=O)O. The van der Waals surface area contributed by atoms with Crippen molar-refractivity contribution in [1.82, 2.24) is 0 Å². The molecule has 0 saturated carbocycles. The largest absolute Gasteiger partial charge is 0.477 e. The summed E-state index contributed by atoms with van der Waals surface area (Å²) in [6.07, 6.45) is 86.8. The molecule has 0 aliphatic heterocycles. The standard InChI is InChI=1S/C75H131NO8/c1-6-8-10-12-14-16-18-20-22-24-26-28-30-32-34-35-36-37-38-40-41-43-45-47-49-51-53-55-57-59-61-63-65-72(77)82-69-71(70-83-75(74(79)80)81-68-67-76(3,4)5)84-73(78)66-64-62-60-58-56-54-52-50-48-46-44-42-39-33-31-29-27-25-23-21-19-17-15-13-11-9-7-2/h9,11,15,17,21,23,27,29,33,39,44,46,50,52,56,58,71,75H,6-8,10,12-14,16,18-20,22,24-26,28,30-32,34-38,40-43,45,47-49,51,53-55,57,59-70H2,1-5H3/p+1/b11-9-,17-15-,23-21-,29-27-,39-33-,46-44-,52-50-,58-56-. The summed E-state index contributed by atoms with van der Waals surface area (Å²) >= 11 is 0. The number of allylic oxidation sites excluding steroid dienone is 16. The topological polar surface area (TPSA) is 108 Å². The normalized spacial score (nSPS) is 13.3. The Morgan fingerprint density at radius 1 is 0.369 bits per heavy atom. The van der Waals surface area contributed by atoms with Crippen LogP contribution in [0.2, 0.25) is 0 Å². The Labute approximate surface area is 518 Å². The van der Waals surface area contributed by atoms with Crippen molar-refractivity contribution in [3.05, 3.63) is 97.2 Å². The molecule has 0 heterocycles. The second-order valence-electron chi connectivity index (χ2n) is 24.5. The lowest BCUT2D eigenvalue weighted by Crippen LogP contribution is -2.40. The third-order valence-electron chi connectivity index (χ3n) is 15.1. The number of carbonyl (C=O) groups is 3. The van der Waals surface area contributed by atoms with Gasteiger partial charge in [0.05, 0.1) is 34.4 Å². The van der Waals surface area contributed by atoms with Crippen molar-refractivity contribution < 1.29 is 42.9 Å². The maximum atomic E-state index is 12.9. The average molecular weight is 1180 g/mol. The van der Waals surface area contributed by atoms with Gasteiger partial charge >= 0.3 is 17.9 Å². The van der Waals surface area contributed by atoms with E-state index >= 15 is 0 Å². The number of carboxylic acid groups (broad SMARTS) is 1. The van der Waals surface area contributed by atoms with E-state index in [4.69, 9.17) is 18.9 Å². The van der Waals surface area contributed by atoms with Gasteiger partial charge < -0.3 is 28.5 Å². The van der Waals surface area contributed by atoms with Gasteiger partial charge in [-0.2, -0.15) is 0 Å². The number of quaternary nitrogens is 1. The average Bonchev–Trinajstić information content (AvgIpc) is 3.51. The van der Waals surface area contributed by atoms with Gasteiger partial charge in [-0.25, -0.2) is 4.79 Å². The van der Waals surface area contributed by atoms with Crippen LogP contribution >= 0.6 is 0 Å². The minimum atomic E-state index is -1.53. The van der Waals surface area contributed by atoms with Gasteiger partial charge in [0.25, 0.3) is 6.29 Å². The Morgan fingerprint density at radius 3 is 1.01 bits per heavy atom. The van der Waals surface area contributed by atoms with Crippen LogP contribution in [-0.4, -0.2) is 87.4 Å². The zero-order valence-electron chi connectivity index (χ0n) is 55.3. The van der Waals surface area contributed by atoms with Crippen molar-refractivity contribution in [3.8, 4) is 0 Å². The summed E-state index contributed by atoms with van der Waals surface area (Å²) < 4.78 is 22.9. The first-order valence-corrected chi connectivity index (χ1v) is 34.9. The number of carboxylic acids is 1. The van der Waals surface area contributed by atoms with Gasteiger partial charge in [0, 0.05) is 12.8 Å². The number of nitrogens with zero attached hydrogens (tertiary/aromatic N) is 1. The lowest BCUT2D eigenvalue weighted by atomic mass is 10.0. The molecule has 0 aromatic heterocycles. The molecular weight excluding hydrogens is 1040 g/mol. The number of rotatable bonds is 64. The van der Waals surface area contributed by atoms with Gasteiger partial charge in [-0.15, -0.1) is 0 Å². The van der Waals surface area contributed by atoms with Gasteiger partial charge in [-0.3, -0.25) is 9.59 Å². The Morgan fingerprint density at radius 2 is 0.679 bits per heavy atom. The van der Waals surface area contributed by atoms with E-state index in [1.165, 1.54) is 186 Å². The van der Waals surface area contributed by atoms with Gasteiger partial charge in [0.15, 0.2) is 6.10 Å². The van der Waals surface area contributed by atoms with Crippen LogP contribution in [0.1, 0.15) is 303 Å². The molecule has 0 amide bonds. The summed E-state index contributed by atoms with van der Waals surface area (Å²) in [5.74, 6) is -2.06. The predicted octanol–water partition coefficient (Wildman–Crippen LogP) is 21.6. The number of esters is 2. The molecule has 0 rings (SSSR count). The number of aliphatic carboxylic acids is 1. The third-order valence-corrected chi connectivity index (χ3v) is 15.1. The Hall–Kier alpha value is -3.79. The maximum Gasteiger partial charge on any atom is 0.361 e. The molecule has 1 N–H and O–H groups in total. The smallest absolute Gasteiger partial charge is 0.361 e. The van der Waals surface area contributed by atoms with E-state index in [2.05, 4.69) is 111 Å². The first kappa shape index (κ1) is 80.2. The van der Waals surface area contributed by atoms with Crippen molar-refractivity contribution >= 4 is 17.9 Å². The summed E-state index contributed by atoms with van der Waals surface area (Å²) in [6.45, 7) is 4.74. The number of hydrogen-bond donors (Lipinski definition) is 1. The van der Waals surface area contributed by atoms with Gasteiger partial charge in [-0.05, 0) is 77.0 Å². The summed E-state index contributed by atoms with van der Waals surface area (Å²) in [5, 5.41) is 9.74. The minimum absolute atomic E-state index is 0.175. The molecule has 0 spiro atoms. The number of hydrogen-bond acceptors (Lipinski definition) is 7. The van der Waals surface area contributed by atoms with Gasteiger partial charge in [-0.1, -0.05) is 310 Å². The van der Waals surface area contributed by atoms with Crippen LogP contribution in [0.25, 0.3) is 0 Å². The minimum Gasteiger partial charge on any atom is -0.477 e. The van der Waals surface area contributed by atoms with Crippen molar-refractivity contribution in [2.24, 2.45) is 0 Å². The summed E-state index contributed by atoms with van der Waals surface area (Å²) in [7, 11) is 5.96. The Balaban J connectivity index is 4.17. The number of likely N-dealkylation sites (N-methyl/N-ethyl adjacent to an activating group) is 1. The summed E-state index contributed by atoms with van der Waals surface area (Å²) in [6, 6.07) is 0. The highest BCUT2D eigenvalue weighted by Gasteiger charge is 2.25. The van der Waals surface area contributed by atoms with Crippen LogP contribution in [0.5, 0.6) is 0 Å². The second-order valence-corrected chi connectivity index (χ2v) is 24.5. The molecule has 0 fully saturated rings. The van der Waals surface area contributed by atoms with Crippen LogP contribution in [0, 0.1) is 0 Å². The zero-order chi connectivity index (χ0) is 61.2. The summed E-state index contributed by atoms with van der Waals surface area (Å²) in [4.78, 5) is 37.6. The predicted molar refractivity (Wildman–Crippen MR) is 359 cm³/mol. The molecule has 0 saturated heterocycles. The molecule has 2 unspecified atom stereocenters. The van der Waals surface area contributed by atoms with E-state index in [-0.39, 0.29) is 32.2 Å². The van der Waals surface area contributed by atoms with E-state index in [0.29, 0.717) is 23.9 Å². The molecule has 0 aromatic carbocycles. The van der Waals surface area contributed by atoms with Crippen LogP contribution in [-0.2, 0) is 33.3 Å². The molecular formula is C75H132NO8+. The molecule has 84 heavy (non-hydrogen) atoms. The number of ether oxygens (including phenoxy) is 4. The van der Waals surface area contributed by atoms with Crippen LogP contribution < -0.4 is 0 Å². The highest BCUT2D eigenvalue weighted by Crippen LogP contribution is 2.18. The first-order chi connectivity index (χ1) is 41.1. The second kappa shape index (κ2) is 65.2. The van der Waals surface area contributed by atoms with Gasteiger partial charge in [0.2, 0.25) is 0 Å². The molecule has 484 valence electrons. The lowest BCUT2D eigenvalue weighted by Gasteiger charge is -2.25. The fourth-order valence-corrected chi connectivity index (χ4v) is 9.80. The molecule has 0 bridgehead atoms. The fraction of sp³-hybridized carbons (Fsp3) is 0.747. The van der Waals surface area contributed by atoms with E-state index in [1.54, 1.807) is 0 Å². The van der Waals surface area contributed by atoms with Crippen LogP contribution in [0.4, 0.5) is 0 Å². The quantitative estimate of drug-likeness (QED) is 0.0211. The van der Waals surface area contributed by atoms with Crippen molar-refractivity contribution in [2.75, 3.05) is 47.5 Å². The van der Waals surface area contributed by atoms with Crippen molar-refractivity contribution in [1.29, 1.82) is 0 Å². The van der Waals surface area contributed by atoms with E-state index in [1.807, 2.05) is 21.1 Å². The zero-order valence-corrected chi connectivity index (χ0v) is 55.3. The van der Waals surface area contributed by atoms with E-state index in [9.17, 15) is 19.5 Å². The van der Waals surface area contributed by atoms with Crippen molar-refractivity contribution in [3.63, 3.8) is 0 Å². The molecule has 0 aromatic rings. The number of carbonyl (C=O) groups excluding carboxylic acids is 2. The maximum absolute atomic E-state index is 12.9. The lowest BCUT2D eigenvalue weighted by molar-refractivity contribution is -0.870. The van der Waals surface area contributed by atoms with Gasteiger partial charge in [0.1, 0.15) is 13.2 Å². The molecule has 9 nitrogen and oxygen atoms in total. The van der Waals surface area contributed by atoms with E-state index < -0.39 is 24.3 Å². The fourth-order valence-electron chi connectivity index (χ4n) is 9.80. The third kappa shape index (κ3) is 65.7.